The highest BCUT2D eigenvalue weighted by molar-refractivity contribution is 7.07. The van der Waals surface area contributed by atoms with Gasteiger partial charge >= 0.3 is 0 Å². The Labute approximate surface area is 101 Å². The second-order valence-corrected chi connectivity index (χ2v) is 4.87. The van der Waals surface area contributed by atoms with Crippen LogP contribution in [0.2, 0.25) is 0 Å². The van der Waals surface area contributed by atoms with Gasteiger partial charge in [0.15, 0.2) is 0 Å². The van der Waals surface area contributed by atoms with Crippen molar-refractivity contribution in [1.29, 1.82) is 0 Å². The zero-order chi connectivity index (χ0) is 11.8. The van der Waals surface area contributed by atoms with Crippen molar-refractivity contribution in [3.05, 3.63) is 22.4 Å². The number of rotatable bonds is 7. The second-order valence-electron chi connectivity index (χ2n) is 4.09. The number of carbonyl (C=O) groups is 1. The predicted molar refractivity (Wildman–Crippen MR) is 68.8 cm³/mol. The van der Waals surface area contributed by atoms with Crippen molar-refractivity contribution < 1.29 is 4.79 Å². The molecule has 0 aliphatic rings. The molecule has 0 fully saturated rings. The summed E-state index contributed by atoms with van der Waals surface area (Å²) < 4.78 is 0. The maximum absolute atomic E-state index is 11.4. The van der Waals surface area contributed by atoms with E-state index in [1.807, 2.05) is 0 Å². The fraction of sp³-hybridized carbons (Fsp3) is 0.583. The molecule has 4 heteroatoms. The summed E-state index contributed by atoms with van der Waals surface area (Å²) in [5.74, 6) is 0.128. The summed E-state index contributed by atoms with van der Waals surface area (Å²) in [5, 5.41) is 10.3. The van der Waals surface area contributed by atoms with Crippen molar-refractivity contribution in [3.63, 3.8) is 0 Å². The van der Waals surface area contributed by atoms with Crippen LogP contribution in [-0.4, -0.2) is 25.0 Å². The second kappa shape index (κ2) is 7.41. The zero-order valence-corrected chi connectivity index (χ0v) is 10.8. The third-order valence-corrected chi connectivity index (χ3v) is 2.95. The first kappa shape index (κ1) is 13.2. The Balaban J connectivity index is 2.02. The van der Waals surface area contributed by atoms with Gasteiger partial charge in [0.2, 0.25) is 5.91 Å². The molecule has 0 aromatic carbocycles. The van der Waals surface area contributed by atoms with Gasteiger partial charge in [0.25, 0.3) is 0 Å². The van der Waals surface area contributed by atoms with E-state index < -0.39 is 0 Å². The lowest BCUT2D eigenvalue weighted by Crippen LogP contribution is -2.31. The lowest BCUT2D eigenvalue weighted by molar-refractivity contribution is -0.120. The van der Waals surface area contributed by atoms with Crippen molar-refractivity contribution in [3.8, 4) is 0 Å². The molecule has 0 saturated heterocycles. The van der Waals surface area contributed by atoms with Gasteiger partial charge in [0.05, 0.1) is 0 Å². The molecule has 1 aromatic heterocycles. The number of nitrogens with one attached hydrogen (secondary N) is 2. The quantitative estimate of drug-likeness (QED) is 0.763. The van der Waals surface area contributed by atoms with E-state index in [0.29, 0.717) is 12.5 Å². The fourth-order valence-corrected chi connectivity index (χ4v) is 2.05. The molecule has 0 spiro atoms. The monoisotopic (exact) mass is 240 g/mol. The molecular formula is C12H20N2OS. The van der Waals surface area contributed by atoms with E-state index in [1.54, 1.807) is 11.3 Å². The van der Waals surface area contributed by atoms with Gasteiger partial charge in [-0.3, -0.25) is 4.79 Å². The molecule has 0 saturated carbocycles. The van der Waals surface area contributed by atoms with Crippen LogP contribution in [0.15, 0.2) is 16.8 Å². The molecule has 16 heavy (non-hydrogen) atoms. The van der Waals surface area contributed by atoms with Crippen LogP contribution in [0.25, 0.3) is 0 Å². The number of hydrogen-bond donors (Lipinski definition) is 2. The third-order valence-electron chi connectivity index (χ3n) is 2.22. The van der Waals surface area contributed by atoms with Gasteiger partial charge in [-0.15, -0.1) is 0 Å². The van der Waals surface area contributed by atoms with Gasteiger partial charge in [-0.1, -0.05) is 13.8 Å². The molecule has 2 N–H and O–H groups in total. The lowest BCUT2D eigenvalue weighted by Gasteiger charge is -2.08. The van der Waals surface area contributed by atoms with E-state index in [4.69, 9.17) is 0 Å². The first-order chi connectivity index (χ1) is 7.68. The van der Waals surface area contributed by atoms with E-state index in [-0.39, 0.29) is 5.91 Å². The van der Waals surface area contributed by atoms with Crippen molar-refractivity contribution in [2.24, 2.45) is 0 Å². The highest BCUT2D eigenvalue weighted by atomic mass is 32.1. The normalized spacial score (nSPS) is 10.7. The molecule has 0 unspecified atom stereocenters. The number of amides is 1. The summed E-state index contributed by atoms with van der Waals surface area (Å²) in [7, 11) is 0. The van der Waals surface area contributed by atoms with Gasteiger partial charge in [-0.2, -0.15) is 11.3 Å². The van der Waals surface area contributed by atoms with E-state index in [9.17, 15) is 4.79 Å². The summed E-state index contributed by atoms with van der Waals surface area (Å²) in [6.45, 7) is 5.64. The van der Waals surface area contributed by atoms with Crippen molar-refractivity contribution >= 4 is 17.2 Å². The minimum Gasteiger partial charge on any atom is -0.356 e. The maximum Gasteiger partial charge on any atom is 0.221 e. The summed E-state index contributed by atoms with van der Waals surface area (Å²) in [6.07, 6.45) is 1.48. The highest BCUT2D eigenvalue weighted by Crippen LogP contribution is 2.05. The van der Waals surface area contributed by atoms with E-state index in [1.165, 1.54) is 5.56 Å². The largest absolute Gasteiger partial charge is 0.356 e. The average molecular weight is 240 g/mol. The molecule has 1 rings (SSSR count). The third kappa shape index (κ3) is 5.88. The van der Waals surface area contributed by atoms with Crippen LogP contribution >= 0.6 is 11.3 Å². The average Bonchev–Trinajstić information content (AvgIpc) is 2.70. The van der Waals surface area contributed by atoms with Crippen LogP contribution in [0.4, 0.5) is 0 Å². The molecule has 90 valence electrons. The molecule has 3 nitrogen and oxygen atoms in total. The SMILES string of the molecule is CC(C)NCCC(=O)NCCc1ccsc1. The van der Waals surface area contributed by atoms with Gasteiger partial charge < -0.3 is 10.6 Å². The Morgan fingerprint density at radius 2 is 2.25 bits per heavy atom. The molecule has 0 radical (unpaired) electrons. The van der Waals surface area contributed by atoms with E-state index in [2.05, 4.69) is 41.3 Å². The molecular weight excluding hydrogens is 220 g/mol. The Morgan fingerprint density at radius 1 is 1.44 bits per heavy atom. The van der Waals surface area contributed by atoms with Gasteiger partial charge in [-0.25, -0.2) is 0 Å². The molecule has 0 bridgehead atoms. The summed E-state index contributed by atoms with van der Waals surface area (Å²) >= 11 is 1.69. The Kier molecular flexibility index (Phi) is 6.11. The van der Waals surface area contributed by atoms with Crippen LogP contribution < -0.4 is 10.6 Å². The van der Waals surface area contributed by atoms with Crippen molar-refractivity contribution in [2.75, 3.05) is 13.1 Å². The maximum atomic E-state index is 11.4. The first-order valence-corrected chi connectivity index (χ1v) is 6.64. The molecule has 1 aromatic rings. The molecule has 1 amide bonds. The Morgan fingerprint density at radius 3 is 2.88 bits per heavy atom. The van der Waals surface area contributed by atoms with Crippen LogP contribution in [0.3, 0.4) is 0 Å². The summed E-state index contributed by atoms with van der Waals surface area (Å²) in [5.41, 5.74) is 1.30. The van der Waals surface area contributed by atoms with Crippen LogP contribution in [0.1, 0.15) is 25.8 Å². The van der Waals surface area contributed by atoms with Crippen LogP contribution in [0.5, 0.6) is 0 Å². The summed E-state index contributed by atoms with van der Waals surface area (Å²) in [4.78, 5) is 11.4. The minimum atomic E-state index is 0.128. The number of hydrogen-bond acceptors (Lipinski definition) is 3. The standard InChI is InChI=1S/C12H20N2OS/c1-10(2)13-7-4-12(15)14-6-3-11-5-8-16-9-11/h5,8-10,13H,3-4,6-7H2,1-2H3,(H,14,15). The van der Waals surface area contributed by atoms with E-state index >= 15 is 0 Å². The van der Waals surface area contributed by atoms with Crippen LogP contribution in [-0.2, 0) is 11.2 Å². The zero-order valence-electron chi connectivity index (χ0n) is 9.95. The highest BCUT2D eigenvalue weighted by Gasteiger charge is 2.01. The Hall–Kier alpha value is -0.870. The van der Waals surface area contributed by atoms with Crippen molar-refractivity contribution in [1.82, 2.24) is 10.6 Å². The van der Waals surface area contributed by atoms with Crippen LogP contribution in [0, 0.1) is 0 Å². The van der Waals surface area contributed by atoms with E-state index in [0.717, 1.165) is 19.5 Å². The number of carbonyl (C=O) groups excluding carboxylic acids is 1. The molecule has 0 aliphatic carbocycles. The molecule has 0 aliphatic heterocycles. The Bertz CT molecular complexity index is 296. The predicted octanol–water partition coefficient (Wildman–Crippen LogP) is 1.79. The topological polar surface area (TPSA) is 41.1 Å². The lowest BCUT2D eigenvalue weighted by atomic mass is 10.2. The molecule has 0 atom stereocenters. The van der Waals surface area contributed by atoms with Crippen molar-refractivity contribution in [2.45, 2.75) is 32.7 Å². The van der Waals surface area contributed by atoms with Gasteiger partial charge in [-0.05, 0) is 28.8 Å². The fourth-order valence-electron chi connectivity index (χ4n) is 1.34. The number of thiophene rings is 1. The first-order valence-electron chi connectivity index (χ1n) is 5.69. The van der Waals surface area contributed by atoms with Gasteiger partial charge in [0.1, 0.15) is 0 Å². The minimum absolute atomic E-state index is 0.128. The molecule has 1 heterocycles. The van der Waals surface area contributed by atoms with Gasteiger partial charge in [0, 0.05) is 25.6 Å². The smallest absolute Gasteiger partial charge is 0.221 e. The summed E-state index contributed by atoms with van der Waals surface area (Å²) in [6, 6.07) is 2.54.